The molecule has 2 aliphatic rings. The van der Waals surface area contributed by atoms with Crippen molar-refractivity contribution in [3.8, 4) is 0 Å². The van der Waals surface area contributed by atoms with Gasteiger partial charge in [0.1, 0.15) is 11.8 Å². The normalized spacial score (nSPS) is 38.9. The average Bonchev–Trinajstić information content (AvgIpc) is 2.01. The number of amides is 1. The third kappa shape index (κ3) is 0.820. The number of rotatable bonds is 0. The van der Waals surface area contributed by atoms with E-state index < -0.39 is 5.72 Å². The maximum absolute atomic E-state index is 11.3. The van der Waals surface area contributed by atoms with Crippen LogP contribution in [0.25, 0.3) is 0 Å². The first kappa shape index (κ1) is 8.01. The number of fused-ring (bicyclic) bond motifs is 1. The van der Waals surface area contributed by atoms with Crippen molar-refractivity contribution in [1.82, 2.24) is 4.90 Å². The topological polar surface area (TPSA) is 55.6 Å². The summed E-state index contributed by atoms with van der Waals surface area (Å²) in [5.74, 6) is 0.0182. The third-order valence-electron chi connectivity index (χ3n) is 2.72. The Kier molecular flexibility index (Phi) is 1.47. The smallest absolute Gasteiger partial charge is 0.244 e. The molecule has 2 fully saturated rings. The van der Waals surface area contributed by atoms with E-state index in [2.05, 4.69) is 0 Å². The largest absolute Gasteiger partial charge is 0.356 e. The predicted molar refractivity (Wildman–Crippen MR) is 43.3 cm³/mol. The van der Waals surface area contributed by atoms with E-state index in [-0.39, 0.29) is 18.0 Å². The summed E-state index contributed by atoms with van der Waals surface area (Å²) < 4.78 is 5.47. The van der Waals surface area contributed by atoms with Crippen LogP contribution in [0, 0.1) is 0 Å². The second kappa shape index (κ2) is 2.20. The first-order valence-corrected chi connectivity index (χ1v) is 4.27. The Hall–Kier alpha value is -0.610. The molecular formula is C8H14N2O2. The summed E-state index contributed by atoms with van der Waals surface area (Å²) in [6, 6.07) is -0.0746. The summed E-state index contributed by atoms with van der Waals surface area (Å²) in [5.41, 5.74) is 5.20. The zero-order valence-electron chi connectivity index (χ0n) is 7.41. The van der Waals surface area contributed by atoms with Crippen LogP contribution in [0.1, 0.15) is 20.3 Å². The van der Waals surface area contributed by atoms with Gasteiger partial charge in [-0.3, -0.25) is 4.79 Å². The molecule has 0 aliphatic carbocycles. The lowest BCUT2D eigenvalue weighted by Crippen LogP contribution is -2.76. The fourth-order valence-electron chi connectivity index (χ4n) is 2.04. The molecule has 2 heterocycles. The lowest BCUT2D eigenvalue weighted by Gasteiger charge is -2.56. The minimum Gasteiger partial charge on any atom is -0.356 e. The second-order valence-electron chi connectivity index (χ2n) is 3.89. The van der Waals surface area contributed by atoms with Gasteiger partial charge in [0, 0.05) is 0 Å². The van der Waals surface area contributed by atoms with Crippen LogP contribution in [0.2, 0.25) is 0 Å². The monoisotopic (exact) mass is 170 g/mol. The molecule has 2 atom stereocenters. The van der Waals surface area contributed by atoms with Crippen LogP contribution in [0.15, 0.2) is 0 Å². The number of nitrogens with two attached hydrogens (primary N) is 1. The molecule has 68 valence electrons. The van der Waals surface area contributed by atoms with Gasteiger partial charge in [0.05, 0.1) is 12.6 Å². The van der Waals surface area contributed by atoms with Crippen LogP contribution in [0.5, 0.6) is 0 Å². The minimum atomic E-state index is -0.449. The van der Waals surface area contributed by atoms with Crippen LogP contribution in [-0.4, -0.2) is 35.2 Å². The molecule has 12 heavy (non-hydrogen) atoms. The van der Waals surface area contributed by atoms with Crippen molar-refractivity contribution in [2.24, 2.45) is 5.73 Å². The van der Waals surface area contributed by atoms with E-state index in [4.69, 9.17) is 10.5 Å². The molecule has 0 bridgehead atoms. The number of nitrogens with zero attached hydrogens (tertiary/aromatic N) is 1. The van der Waals surface area contributed by atoms with Crippen molar-refractivity contribution in [1.29, 1.82) is 0 Å². The lowest BCUT2D eigenvalue weighted by molar-refractivity contribution is -0.223. The fraction of sp³-hybridized carbons (Fsp3) is 0.875. The molecular weight excluding hydrogens is 156 g/mol. The Bertz CT molecular complexity index is 227. The quantitative estimate of drug-likeness (QED) is 0.507. The van der Waals surface area contributed by atoms with Gasteiger partial charge >= 0.3 is 0 Å². The number of hydrogen-bond donors (Lipinski definition) is 1. The highest BCUT2D eigenvalue weighted by Crippen LogP contribution is 2.35. The molecule has 2 saturated heterocycles. The number of carbonyl (C=O) groups excluding carboxylic acids is 1. The minimum absolute atomic E-state index is 0.0182. The van der Waals surface area contributed by atoms with Crippen LogP contribution in [-0.2, 0) is 9.53 Å². The summed E-state index contributed by atoms with van der Waals surface area (Å²) >= 11 is 0. The molecule has 0 aromatic carbocycles. The summed E-state index contributed by atoms with van der Waals surface area (Å²) in [7, 11) is 0. The maximum Gasteiger partial charge on any atom is 0.244 e. The van der Waals surface area contributed by atoms with E-state index in [0.717, 1.165) is 6.42 Å². The second-order valence-corrected chi connectivity index (χ2v) is 3.89. The zero-order valence-corrected chi connectivity index (χ0v) is 7.41. The molecule has 4 nitrogen and oxygen atoms in total. The SMILES string of the molecule is CC1(C)OCCC2C(N)C(=O)N21. The first-order chi connectivity index (χ1) is 5.54. The number of β-lactam (4-membered cyclic amide) rings is 1. The highest BCUT2D eigenvalue weighted by Gasteiger charge is 2.53. The van der Waals surface area contributed by atoms with E-state index >= 15 is 0 Å². The van der Waals surface area contributed by atoms with Gasteiger partial charge in [-0.05, 0) is 20.3 Å². The van der Waals surface area contributed by atoms with E-state index in [0.29, 0.717) is 6.61 Å². The average molecular weight is 170 g/mol. The van der Waals surface area contributed by atoms with Crippen molar-refractivity contribution in [2.75, 3.05) is 6.61 Å². The Morgan fingerprint density at radius 3 is 2.92 bits per heavy atom. The molecule has 4 heteroatoms. The molecule has 1 amide bonds. The zero-order chi connectivity index (χ0) is 8.93. The summed E-state index contributed by atoms with van der Waals surface area (Å²) in [5, 5.41) is 0. The molecule has 2 N–H and O–H groups in total. The summed E-state index contributed by atoms with van der Waals surface area (Å²) in [6.45, 7) is 4.51. The van der Waals surface area contributed by atoms with Gasteiger partial charge in [-0.1, -0.05) is 0 Å². The molecule has 0 aromatic heterocycles. The van der Waals surface area contributed by atoms with Gasteiger partial charge in [0.15, 0.2) is 0 Å². The Morgan fingerprint density at radius 1 is 1.67 bits per heavy atom. The van der Waals surface area contributed by atoms with E-state index in [1.54, 1.807) is 4.90 Å². The van der Waals surface area contributed by atoms with Gasteiger partial charge in [0.2, 0.25) is 5.91 Å². The van der Waals surface area contributed by atoms with Crippen molar-refractivity contribution in [3.05, 3.63) is 0 Å². The van der Waals surface area contributed by atoms with Crippen molar-refractivity contribution >= 4 is 5.91 Å². The lowest BCUT2D eigenvalue weighted by atomic mass is 9.88. The fourth-order valence-corrected chi connectivity index (χ4v) is 2.04. The molecule has 2 aliphatic heterocycles. The van der Waals surface area contributed by atoms with Gasteiger partial charge in [0.25, 0.3) is 0 Å². The molecule has 2 unspecified atom stereocenters. The number of carbonyl (C=O) groups is 1. The summed E-state index contributed by atoms with van der Waals surface area (Å²) in [4.78, 5) is 13.1. The van der Waals surface area contributed by atoms with Gasteiger partial charge in [-0.2, -0.15) is 0 Å². The van der Waals surface area contributed by atoms with Gasteiger partial charge in [-0.25, -0.2) is 0 Å². The first-order valence-electron chi connectivity index (χ1n) is 4.27. The van der Waals surface area contributed by atoms with Gasteiger partial charge < -0.3 is 15.4 Å². The van der Waals surface area contributed by atoms with Gasteiger partial charge in [-0.15, -0.1) is 0 Å². The van der Waals surface area contributed by atoms with E-state index in [9.17, 15) is 4.79 Å². The highest BCUT2D eigenvalue weighted by atomic mass is 16.5. The van der Waals surface area contributed by atoms with Crippen LogP contribution in [0.3, 0.4) is 0 Å². The maximum atomic E-state index is 11.3. The predicted octanol–water partition coefficient (Wildman–Crippen LogP) is -0.319. The van der Waals surface area contributed by atoms with Crippen LogP contribution in [0.4, 0.5) is 0 Å². The van der Waals surface area contributed by atoms with Crippen molar-refractivity contribution in [3.63, 3.8) is 0 Å². The van der Waals surface area contributed by atoms with Crippen molar-refractivity contribution < 1.29 is 9.53 Å². The molecule has 2 rings (SSSR count). The van der Waals surface area contributed by atoms with Crippen LogP contribution >= 0.6 is 0 Å². The summed E-state index contributed by atoms with van der Waals surface area (Å²) in [6.07, 6.45) is 0.871. The highest BCUT2D eigenvalue weighted by molar-refractivity contribution is 5.89. The Balaban J connectivity index is 2.20. The number of hydrogen-bond acceptors (Lipinski definition) is 3. The number of ether oxygens (including phenoxy) is 1. The van der Waals surface area contributed by atoms with Crippen LogP contribution < -0.4 is 5.73 Å². The molecule has 0 saturated carbocycles. The Labute approximate surface area is 71.7 Å². The standard InChI is InChI=1S/C8H14N2O2/c1-8(2)10-5(3-4-12-8)6(9)7(10)11/h5-6H,3-4,9H2,1-2H3. The Morgan fingerprint density at radius 2 is 2.33 bits per heavy atom. The molecule has 0 spiro atoms. The molecule has 0 radical (unpaired) electrons. The van der Waals surface area contributed by atoms with Crippen molar-refractivity contribution in [2.45, 2.75) is 38.1 Å². The van der Waals surface area contributed by atoms with E-state index in [1.807, 2.05) is 13.8 Å². The molecule has 0 aromatic rings. The third-order valence-corrected chi connectivity index (χ3v) is 2.72. The van der Waals surface area contributed by atoms with E-state index in [1.165, 1.54) is 0 Å².